The van der Waals surface area contributed by atoms with Crippen LogP contribution in [-0.4, -0.2) is 10.9 Å². The maximum atomic E-state index is 13.5. The number of carbonyl (C=O) groups is 1. The Labute approximate surface area is 109 Å². The van der Waals surface area contributed by atoms with E-state index in [-0.39, 0.29) is 5.56 Å². The van der Waals surface area contributed by atoms with Gasteiger partial charge in [0.1, 0.15) is 5.82 Å². The van der Waals surface area contributed by atoms with Gasteiger partial charge in [0.25, 0.3) is 5.91 Å². The number of halogens is 2. The SMILES string of the molecule is Cc1cncc(NC(=O)c2cc(Cl)ccc2F)c1. The number of nitrogens with zero attached hydrogens (tertiary/aromatic N) is 1. The number of rotatable bonds is 2. The molecule has 0 spiro atoms. The number of benzene rings is 1. The fraction of sp³-hybridized carbons (Fsp3) is 0.0769. The Morgan fingerprint density at radius 3 is 2.83 bits per heavy atom. The fourth-order valence-corrected chi connectivity index (χ4v) is 1.67. The molecule has 1 aromatic carbocycles. The van der Waals surface area contributed by atoms with E-state index in [0.717, 1.165) is 11.6 Å². The van der Waals surface area contributed by atoms with Gasteiger partial charge in [-0.25, -0.2) is 4.39 Å². The number of aryl methyl sites for hydroxylation is 1. The van der Waals surface area contributed by atoms with E-state index in [4.69, 9.17) is 11.6 Å². The van der Waals surface area contributed by atoms with Crippen LogP contribution in [0.2, 0.25) is 5.02 Å². The van der Waals surface area contributed by atoms with Crippen molar-refractivity contribution in [2.24, 2.45) is 0 Å². The Balaban J connectivity index is 2.24. The maximum Gasteiger partial charge on any atom is 0.258 e. The Morgan fingerprint density at radius 2 is 2.11 bits per heavy atom. The third-order valence-electron chi connectivity index (χ3n) is 2.31. The summed E-state index contributed by atoms with van der Waals surface area (Å²) in [6.45, 7) is 1.85. The van der Waals surface area contributed by atoms with E-state index in [1.54, 1.807) is 12.3 Å². The molecule has 0 bridgehead atoms. The minimum Gasteiger partial charge on any atom is -0.320 e. The van der Waals surface area contributed by atoms with Crippen molar-refractivity contribution in [3.63, 3.8) is 0 Å². The molecule has 3 nitrogen and oxygen atoms in total. The molecular formula is C13H10ClFN2O. The summed E-state index contributed by atoms with van der Waals surface area (Å²) in [6.07, 6.45) is 3.16. The second kappa shape index (κ2) is 5.14. The van der Waals surface area contributed by atoms with Crippen LogP contribution >= 0.6 is 11.6 Å². The molecule has 0 radical (unpaired) electrons. The zero-order valence-electron chi connectivity index (χ0n) is 9.58. The molecule has 0 aliphatic rings. The van der Waals surface area contributed by atoms with Crippen LogP contribution in [-0.2, 0) is 0 Å². The number of amides is 1. The Bertz CT molecular complexity index is 601. The summed E-state index contributed by atoms with van der Waals surface area (Å²) in [6, 6.07) is 5.58. The standard InChI is InChI=1S/C13H10ClFN2O/c1-8-4-10(7-16-6-8)17-13(18)11-5-9(14)2-3-12(11)15/h2-7H,1H3,(H,17,18). The average Bonchev–Trinajstić information content (AvgIpc) is 2.32. The van der Waals surface area contributed by atoms with Gasteiger partial charge in [0.15, 0.2) is 0 Å². The van der Waals surface area contributed by atoms with Crippen molar-refractivity contribution in [3.05, 3.63) is 58.6 Å². The lowest BCUT2D eigenvalue weighted by Crippen LogP contribution is -2.14. The number of carbonyl (C=O) groups excluding carboxylic acids is 1. The van der Waals surface area contributed by atoms with Crippen LogP contribution in [0.1, 0.15) is 15.9 Å². The van der Waals surface area contributed by atoms with Gasteiger partial charge in [0, 0.05) is 11.2 Å². The summed E-state index contributed by atoms with van der Waals surface area (Å²) in [5, 5.41) is 2.88. The second-order valence-electron chi connectivity index (χ2n) is 3.83. The molecule has 1 amide bonds. The molecule has 2 aromatic rings. The molecule has 5 heteroatoms. The molecule has 18 heavy (non-hydrogen) atoms. The minimum absolute atomic E-state index is 0.0935. The number of anilines is 1. The van der Waals surface area contributed by atoms with E-state index in [9.17, 15) is 9.18 Å². The largest absolute Gasteiger partial charge is 0.320 e. The number of nitrogens with one attached hydrogen (secondary N) is 1. The second-order valence-corrected chi connectivity index (χ2v) is 4.27. The number of aromatic nitrogens is 1. The van der Waals surface area contributed by atoms with E-state index in [0.29, 0.717) is 10.7 Å². The van der Waals surface area contributed by atoms with Crippen LogP contribution in [0.15, 0.2) is 36.7 Å². The normalized spacial score (nSPS) is 10.2. The zero-order valence-corrected chi connectivity index (χ0v) is 10.3. The van der Waals surface area contributed by atoms with Gasteiger partial charge < -0.3 is 5.32 Å². The first-order valence-electron chi connectivity index (χ1n) is 5.24. The number of hydrogen-bond donors (Lipinski definition) is 1. The molecule has 1 aromatic heterocycles. The lowest BCUT2D eigenvalue weighted by atomic mass is 10.2. The molecular weight excluding hydrogens is 255 g/mol. The maximum absolute atomic E-state index is 13.5. The van der Waals surface area contributed by atoms with Crippen molar-refractivity contribution in [2.75, 3.05) is 5.32 Å². The summed E-state index contributed by atoms with van der Waals surface area (Å²) in [5.41, 5.74) is 1.32. The van der Waals surface area contributed by atoms with Crippen LogP contribution in [0.4, 0.5) is 10.1 Å². The molecule has 0 aliphatic heterocycles. The predicted octanol–water partition coefficient (Wildman–Crippen LogP) is 3.43. The van der Waals surface area contributed by atoms with Gasteiger partial charge in [-0.05, 0) is 36.8 Å². The smallest absolute Gasteiger partial charge is 0.258 e. The molecule has 2 rings (SSSR count). The van der Waals surface area contributed by atoms with Crippen molar-refractivity contribution < 1.29 is 9.18 Å². The van der Waals surface area contributed by atoms with Gasteiger partial charge in [-0.3, -0.25) is 9.78 Å². The first-order valence-corrected chi connectivity index (χ1v) is 5.62. The summed E-state index contributed by atoms with van der Waals surface area (Å²) >= 11 is 5.73. The van der Waals surface area contributed by atoms with Crippen LogP contribution < -0.4 is 5.32 Å². The molecule has 1 heterocycles. The third kappa shape index (κ3) is 2.84. The van der Waals surface area contributed by atoms with Gasteiger partial charge in [-0.1, -0.05) is 11.6 Å². The summed E-state index contributed by atoms with van der Waals surface area (Å²) in [5.74, 6) is -1.17. The molecule has 0 saturated heterocycles. The Kier molecular flexibility index (Phi) is 3.58. The van der Waals surface area contributed by atoms with E-state index in [1.807, 2.05) is 6.92 Å². The molecule has 92 valence electrons. The van der Waals surface area contributed by atoms with Gasteiger partial charge in [-0.2, -0.15) is 0 Å². The summed E-state index contributed by atoms with van der Waals surface area (Å²) in [4.78, 5) is 15.8. The first-order chi connectivity index (χ1) is 8.56. The summed E-state index contributed by atoms with van der Waals surface area (Å²) in [7, 11) is 0. The van der Waals surface area contributed by atoms with Crippen LogP contribution in [0.5, 0.6) is 0 Å². The molecule has 0 unspecified atom stereocenters. The van der Waals surface area contributed by atoms with E-state index in [2.05, 4.69) is 10.3 Å². The Morgan fingerprint density at radius 1 is 1.33 bits per heavy atom. The highest BCUT2D eigenvalue weighted by molar-refractivity contribution is 6.31. The molecule has 0 atom stereocenters. The van der Waals surface area contributed by atoms with Crippen molar-refractivity contribution in [1.29, 1.82) is 0 Å². The molecule has 1 N–H and O–H groups in total. The lowest BCUT2D eigenvalue weighted by Gasteiger charge is -2.06. The van der Waals surface area contributed by atoms with E-state index >= 15 is 0 Å². The van der Waals surface area contributed by atoms with Crippen LogP contribution in [0.3, 0.4) is 0 Å². The van der Waals surface area contributed by atoms with Crippen molar-refractivity contribution >= 4 is 23.2 Å². The molecule has 0 fully saturated rings. The highest BCUT2D eigenvalue weighted by Gasteiger charge is 2.12. The molecule has 0 aliphatic carbocycles. The van der Waals surface area contributed by atoms with Crippen molar-refractivity contribution in [2.45, 2.75) is 6.92 Å². The fourth-order valence-electron chi connectivity index (χ4n) is 1.49. The van der Waals surface area contributed by atoms with Crippen molar-refractivity contribution in [1.82, 2.24) is 4.98 Å². The van der Waals surface area contributed by atoms with Gasteiger partial charge >= 0.3 is 0 Å². The van der Waals surface area contributed by atoms with Crippen molar-refractivity contribution in [3.8, 4) is 0 Å². The third-order valence-corrected chi connectivity index (χ3v) is 2.54. The van der Waals surface area contributed by atoms with Gasteiger partial charge in [0.05, 0.1) is 17.4 Å². The monoisotopic (exact) mass is 264 g/mol. The van der Waals surface area contributed by atoms with Crippen LogP contribution in [0.25, 0.3) is 0 Å². The van der Waals surface area contributed by atoms with E-state index in [1.165, 1.54) is 18.3 Å². The van der Waals surface area contributed by atoms with Gasteiger partial charge in [0.2, 0.25) is 0 Å². The number of hydrogen-bond acceptors (Lipinski definition) is 2. The minimum atomic E-state index is -0.613. The van der Waals surface area contributed by atoms with Gasteiger partial charge in [-0.15, -0.1) is 0 Å². The summed E-state index contributed by atoms with van der Waals surface area (Å²) < 4.78 is 13.5. The zero-order chi connectivity index (χ0) is 13.1. The van der Waals surface area contributed by atoms with Crippen LogP contribution in [0, 0.1) is 12.7 Å². The Hall–Kier alpha value is -1.94. The quantitative estimate of drug-likeness (QED) is 0.903. The van der Waals surface area contributed by atoms with E-state index < -0.39 is 11.7 Å². The molecule has 0 saturated carbocycles. The number of pyridine rings is 1. The average molecular weight is 265 g/mol. The highest BCUT2D eigenvalue weighted by Crippen LogP contribution is 2.17. The highest BCUT2D eigenvalue weighted by atomic mass is 35.5. The first kappa shape index (κ1) is 12.5. The lowest BCUT2D eigenvalue weighted by molar-refractivity contribution is 0.102. The topological polar surface area (TPSA) is 42.0 Å². The predicted molar refractivity (Wildman–Crippen MR) is 68.3 cm³/mol.